The molecule has 5 N–H and O–H groups in total. The molecule has 35 heavy (non-hydrogen) atoms. The van der Waals surface area contributed by atoms with Crippen LogP contribution in [0, 0.1) is 0 Å². The Hall–Kier alpha value is -3.89. The van der Waals surface area contributed by atoms with Gasteiger partial charge in [0.1, 0.15) is 5.82 Å². The molecule has 182 valence electrons. The lowest BCUT2D eigenvalue weighted by Gasteiger charge is -2.37. The molecule has 3 heterocycles. The first-order chi connectivity index (χ1) is 16.9. The minimum Gasteiger partial charge on any atom is -0.385 e. The van der Waals surface area contributed by atoms with Gasteiger partial charge in [-0.05, 0) is 43.2 Å². The third kappa shape index (κ3) is 4.33. The van der Waals surface area contributed by atoms with Gasteiger partial charge in [-0.2, -0.15) is 0 Å². The molecule has 2 aromatic carbocycles. The van der Waals surface area contributed by atoms with Crippen molar-refractivity contribution in [3.05, 3.63) is 48.7 Å². The van der Waals surface area contributed by atoms with Crippen LogP contribution >= 0.6 is 0 Å². The SMILES string of the molecule is Nc1[nH]cc2cc(NC(=O)[C@H](O)[C@H]3OCCN(c4ccccc4N4CCCCC4=O)C3=O)ccc12. The van der Waals surface area contributed by atoms with E-state index in [1.54, 1.807) is 41.4 Å². The van der Waals surface area contributed by atoms with Crippen molar-refractivity contribution in [2.24, 2.45) is 0 Å². The number of aromatic amines is 1. The standard InChI is InChI=1S/C25H27N5O5/c26-23-17-9-8-16(13-15(17)14-27-23)28-24(33)21(32)22-25(34)30(11-12-35-22)19-6-2-1-5-18(19)29-10-4-3-7-20(29)31/h1-2,5-6,8-9,13-14,21-22,27,32H,3-4,7,10-12,26H2,(H,28,33)/t21-,22-/m1/s1. The van der Waals surface area contributed by atoms with Gasteiger partial charge in [0.2, 0.25) is 5.91 Å². The summed E-state index contributed by atoms with van der Waals surface area (Å²) in [5, 5.41) is 15.0. The highest BCUT2D eigenvalue weighted by Gasteiger charge is 2.40. The van der Waals surface area contributed by atoms with Crippen molar-refractivity contribution in [3.63, 3.8) is 0 Å². The second-order valence-corrected chi connectivity index (χ2v) is 8.71. The molecule has 3 amide bonds. The predicted octanol–water partition coefficient (Wildman–Crippen LogP) is 2.00. The molecule has 10 nitrogen and oxygen atoms in total. The van der Waals surface area contributed by atoms with Crippen LogP contribution in [-0.4, -0.2) is 59.7 Å². The Labute approximate surface area is 201 Å². The molecule has 10 heteroatoms. The van der Waals surface area contributed by atoms with Crippen molar-refractivity contribution >= 4 is 51.4 Å². The number of nitrogens with one attached hydrogen (secondary N) is 2. The fraction of sp³-hybridized carbons (Fsp3) is 0.320. The van der Waals surface area contributed by atoms with Crippen LogP contribution in [0.5, 0.6) is 0 Å². The monoisotopic (exact) mass is 477 g/mol. The minimum atomic E-state index is -1.72. The number of hydrogen-bond donors (Lipinski definition) is 4. The van der Waals surface area contributed by atoms with Gasteiger partial charge in [0.15, 0.2) is 12.2 Å². The average molecular weight is 478 g/mol. The molecule has 0 bridgehead atoms. The number of ether oxygens (including phenoxy) is 1. The van der Waals surface area contributed by atoms with Crippen LogP contribution in [0.1, 0.15) is 19.3 Å². The highest BCUT2D eigenvalue weighted by atomic mass is 16.5. The van der Waals surface area contributed by atoms with E-state index >= 15 is 0 Å². The van der Waals surface area contributed by atoms with Crippen molar-refractivity contribution in [1.29, 1.82) is 0 Å². The number of carbonyl (C=O) groups excluding carboxylic acids is 3. The van der Waals surface area contributed by atoms with E-state index in [1.165, 1.54) is 4.90 Å². The quantitative estimate of drug-likeness (QED) is 0.443. The van der Waals surface area contributed by atoms with Gasteiger partial charge in [-0.1, -0.05) is 12.1 Å². The van der Waals surface area contributed by atoms with Crippen molar-refractivity contribution in [2.45, 2.75) is 31.5 Å². The Morgan fingerprint density at radius 3 is 2.66 bits per heavy atom. The van der Waals surface area contributed by atoms with Crippen molar-refractivity contribution in [3.8, 4) is 0 Å². The van der Waals surface area contributed by atoms with Crippen LogP contribution in [-0.2, 0) is 19.1 Å². The Balaban J connectivity index is 1.34. The first-order valence-electron chi connectivity index (χ1n) is 11.6. The number of aliphatic hydroxyl groups excluding tert-OH is 1. The Bertz CT molecular complexity index is 1290. The smallest absolute Gasteiger partial charge is 0.259 e. The largest absolute Gasteiger partial charge is 0.385 e. The number of fused-ring (bicyclic) bond motifs is 1. The summed E-state index contributed by atoms with van der Waals surface area (Å²) in [5.41, 5.74) is 7.51. The summed E-state index contributed by atoms with van der Waals surface area (Å²) >= 11 is 0. The van der Waals surface area contributed by atoms with Crippen molar-refractivity contribution in [1.82, 2.24) is 4.98 Å². The van der Waals surface area contributed by atoms with E-state index in [9.17, 15) is 19.5 Å². The van der Waals surface area contributed by atoms with Crippen molar-refractivity contribution in [2.75, 3.05) is 40.5 Å². The summed E-state index contributed by atoms with van der Waals surface area (Å²) in [4.78, 5) is 44.8. The lowest BCUT2D eigenvalue weighted by atomic mass is 10.1. The molecule has 0 radical (unpaired) electrons. The average Bonchev–Trinajstić information content (AvgIpc) is 3.24. The second-order valence-electron chi connectivity index (χ2n) is 8.71. The number of aromatic nitrogens is 1. The van der Waals surface area contributed by atoms with Crippen LogP contribution in [0.25, 0.3) is 10.8 Å². The minimum absolute atomic E-state index is 0.0153. The van der Waals surface area contributed by atoms with Crippen LogP contribution in [0.4, 0.5) is 22.9 Å². The van der Waals surface area contributed by atoms with E-state index in [4.69, 9.17) is 10.5 Å². The maximum atomic E-state index is 13.4. The van der Waals surface area contributed by atoms with Crippen molar-refractivity contribution < 1.29 is 24.2 Å². The van der Waals surface area contributed by atoms with E-state index < -0.39 is 24.0 Å². The number of benzene rings is 2. The third-order valence-electron chi connectivity index (χ3n) is 6.46. The van der Waals surface area contributed by atoms with E-state index in [2.05, 4.69) is 10.3 Å². The number of nitrogen functional groups attached to an aromatic ring is 1. The summed E-state index contributed by atoms with van der Waals surface area (Å²) in [6.45, 7) is 0.964. The van der Waals surface area contributed by atoms with Gasteiger partial charge < -0.3 is 35.7 Å². The summed E-state index contributed by atoms with van der Waals surface area (Å²) in [5.74, 6) is -0.760. The molecule has 5 rings (SSSR count). The van der Waals surface area contributed by atoms with Gasteiger partial charge in [0.05, 0.1) is 18.0 Å². The molecule has 0 saturated carbocycles. The summed E-state index contributed by atoms with van der Waals surface area (Å²) in [6, 6.07) is 12.3. The third-order valence-corrected chi connectivity index (χ3v) is 6.46. The number of rotatable bonds is 5. The Kier molecular flexibility index (Phi) is 6.14. The summed E-state index contributed by atoms with van der Waals surface area (Å²) < 4.78 is 5.54. The predicted molar refractivity (Wildman–Crippen MR) is 132 cm³/mol. The number of morpholine rings is 1. The number of aliphatic hydroxyl groups is 1. The zero-order valence-electron chi connectivity index (χ0n) is 19.1. The number of piperidine rings is 1. The van der Waals surface area contributed by atoms with Gasteiger partial charge >= 0.3 is 0 Å². The number of carbonyl (C=O) groups is 3. The molecule has 2 aliphatic heterocycles. The molecule has 1 aromatic heterocycles. The van der Waals surface area contributed by atoms with E-state index in [0.717, 1.165) is 23.6 Å². The second kappa shape index (κ2) is 9.40. The topological polar surface area (TPSA) is 141 Å². The number of nitrogens with zero attached hydrogens (tertiary/aromatic N) is 2. The molecule has 2 saturated heterocycles. The van der Waals surface area contributed by atoms with Gasteiger partial charge in [-0.25, -0.2) is 0 Å². The maximum Gasteiger partial charge on any atom is 0.259 e. The number of H-pyrrole nitrogens is 1. The molecule has 2 atom stereocenters. The lowest BCUT2D eigenvalue weighted by Crippen LogP contribution is -2.55. The molecular weight excluding hydrogens is 450 g/mol. The molecule has 0 aliphatic carbocycles. The summed E-state index contributed by atoms with van der Waals surface area (Å²) in [7, 11) is 0. The molecule has 0 unspecified atom stereocenters. The lowest BCUT2D eigenvalue weighted by molar-refractivity contribution is -0.150. The number of hydrogen-bond acceptors (Lipinski definition) is 6. The highest BCUT2D eigenvalue weighted by Crippen LogP contribution is 2.33. The number of para-hydroxylation sites is 2. The molecular formula is C25H27N5O5. The van der Waals surface area contributed by atoms with E-state index in [-0.39, 0.29) is 19.1 Å². The van der Waals surface area contributed by atoms with E-state index in [0.29, 0.717) is 35.8 Å². The molecule has 0 spiro atoms. The Morgan fingerprint density at radius 2 is 1.89 bits per heavy atom. The van der Waals surface area contributed by atoms with E-state index in [1.807, 2.05) is 12.1 Å². The fourth-order valence-corrected chi connectivity index (χ4v) is 4.64. The Morgan fingerprint density at radius 1 is 1.11 bits per heavy atom. The maximum absolute atomic E-state index is 13.4. The van der Waals surface area contributed by atoms with Gasteiger partial charge in [0, 0.05) is 42.2 Å². The number of nitrogens with two attached hydrogens (primary N) is 1. The number of anilines is 4. The number of amides is 3. The highest BCUT2D eigenvalue weighted by molar-refractivity contribution is 6.07. The van der Waals surface area contributed by atoms with Gasteiger partial charge in [0.25, 0.3) is 11.8 Å². The molecule has 2 aliphatic rings. The first-order valence-corrected chi connectivity index (χ1v) is 11.6. The first kappa shape index (κ1) is 22.9. The zero-order chi connectivity index (χ0) is 24.5. The van der Waals surface area contributed by atoms with Gasteiger partial charge in [-0.15, -0.1) is 0 Å². The van der Waals surface area contributed by atoms with Crippen LogP contribution in [0.2, 0.25) is 0 Å². The normalized spacial score (nSPS) is 19.7. The van der Waals surface area contributed by atoms with Gasteiger partial charge in [-0.3, -0.25) is 14.4 Å². The zero-order valence-corrected chi connectivity index (χ0v) is 19.1. The fourth-order valence-electron chi connectivity index (χ4n) is 4.64. The van der Waals surface area contributed by atoms with Crippen LogP contribution < -0.4 is 20.9 Å². The van der Waals surface area contributed by atoms with Crippen LogP contribution in [0.15, 0.2) is 48.7 Å². The van der Waals surface area contributed by atoms with Crippen LogP contribution in [0.3, 0.4) is 0 Å². The molecule has 2 fully saturated rings. The molecule has 3 aromatic rings. The summed E-state index contributed by atoms with van der Waals surface area (Å²) in [6.07, 6.45) is 0.823.